The summed E-state index contributed by atoms with van der Waals surface area (Å²) in [5.41, 5.74) is 13.4. The Kier molecular flexibility index (Phi) is 7.32. The van der Waals surface area contributed by atoms with Gasteiger partial charge in [0.1, 0.15) is 11.5 Å². The maximum Gasteiger partial charge on any atom is 0.164 e. The molecule has 2 aliphatic rings. The Morgan fingerprint density at radius 3 is 1.46 bits per heavy atom. The van der Waals surface area contributed by atoms with Crippen molar-refractivity contribution in [2.24, 2.45) is 0 Å². The molecule has 0 bridgehead atoms. The van der Waals surface area contributed by atoms with Gasteiger partial charge in [0, 0.05) is 45.8 Å². The van der Waals surface area contributed by atoms with E-state index in [4.69, 9.17) is 19.7 Å². The zero-order valence-electron chi connectivity index (χ0n) is 30.2. The molecule has 5 heteroatoms. The molecular weight excluding hydrogens is 685 g/mol. The Bertz CT molecular complexity index is 2900. The van der Waals surface area contributed by atoms with Crippen LogP contribution in [0.4, 0.5) is 0 Å². The van der Waals surface area contributed by atoms with Gasteiger partial charge in [0.25, 0.3) is 0 Å². The predicted octanol–water partition coefficient (Wildman–Crippen LogP) is 12.1. The molecule has 3 heterocycles. The van der Waals surface area contributed by atoms with Crippen molar-refractivity contribution in [2.75, 3.05) is 0 Å². The Labute approximate surface area is 324 Å². The summed E-state index contributed by atoms with van der Waals surface area (Å²) in [7, 11) is 0. The Morgan fingerprint density at radius 2 is 0.821 bits per heavy atom. The molecule has 0 N–H and O–H groups in total. The van der Waals surface area contributed by atoms with E-state index in [1.54, 1.807) is 0 Å². The fourth-order valence-corrected chi connectivity index (χ4v) is 8.57. The van der Waals surface area contributed by atoms with Crippen LogP contribution in [0.2, 0.25) is 0 Å². The standard InChI is InChI=1S/C51H32N4O/c1-3-13-33(14-4-1)35-17-11-18-37(29-35)49-53-48(34-15-5-2-6-16-34)54-50(55-49)38-25-27-47-45(31-38)51(42-22-9-7-20-40(42)41-21-8-10-23-43(41)51)44-30-36(24-26-46(44)56-47)39-19-12-28-52-32-39/h1-32H. The maximum absolute atomic E-state index is 6.85. The van der Waals surface area contributed by atoms with Crippen LogP contribution in [0.15, 0.2) is 194 Å². The first-order chi connectivity index (χ1) is 27.7. The highest BCUT2D eigenvalue weighted by Crippen LogP contribution is 2.62. The highest BCUT2D eigenvalue weighted by molar-refractivity contribution is 5.90. The van der Waals surface area contributed by atoms with Crippen molar-refractivity contribution in [3.63, 3.8) is 0 Å². The first-order valence-corrected chi connectivity index (χ1v) is 18.8. The number of ether oxygens (including phenoxy) is 1. The molecule has 1 aliphatic heterocycles. The van der Waals surface area contributed by atoms with Crippen LogP contribution in [-0.4, -0.2) is 19.9 Å². The van der Waals surface area contributed by atoms with Gasteiger partial charge < -0.3 is 4.74 Å². The summed E-state index contributed by atoms with van der Waals surface area (Å²) in [5, 5.41) is 0. The minimum atomic E-state index is -0.674. The molecule has 0 unspecified atom stereocenters. The van der Waals surface area contributed by atoms with Gasteiger partial charge in [0.2, 0.25) is 0 Å². The second kappa shape index (κ2) is 12.8. The number of rotatable bonds is 5. The van der Waals surface area contributed by atoms with Crippen LogP contribution in [0.3, 0.4) is 0 Å². The third-order valence-electron chi connectivity index (χ3n) is 11.1. The van der Waals surface area contributed by atoms with Crippen molar-refractivity contribution in [3.8, 4) is 79.0 Å². The van der Waals surface area contributed by atoms with Crippen LogP contribution in [0.5, 0.6) is 11.5 Å². The van der Waals surface area contributed by atoms with Crippen LogP contribution in [0.1, 0.15) is 22.3 Å². The molecule has 1 aliphatic carbocycles. The maximum atomic E-state index is 6.85. The summed E-state index contributed by atoms with van der Waals surface area (Å²) in [6, 6.07) is 63.5. The van der Waals surface area contributed by atoms with Crippen molar-refractivity contribution < 1.29 is 4.74 Å². The van der Waals surface area contributed by atoms with E-state index in [2.05, 4.69) is 145 Å². The highest BCUT2D eigenvalue weighted by atomic mass is 16.5. The summed E-state index contributed by atoms with van der Waals surface area (Å²) in [5.74, 6) is 3.44. The topological polar surface area (TPSA) is 60.8 Å². The van der Waals surface area contributed by atoms with E-state index in [-0.39, 0.29) is 0 Å². The average Bonchev–Trinajstić information content (AvgIpc) is 3.57. The van der Waals surface area contributed by atoms with Crippen molar-refractivity contribution >= 4 is 0 Å². The predicted molar refractivity (Wildman–Crippen MR) is 222 cm³/mol. The molecule has 0 amide bonds. The van der Waals surface area contributed by atoms with Gasteiger partial charge in [-0.1, -0.05) is 140 Å². The number of benzene rings is 7. The van der Waals surface area contributed by atoms with E-state index < -0.39 is 5.41 Å². The molecule has 0 atom stereocenters. The number of aromatic nitrogens is 4. The molecule has 1 spiro atoms. The zero-order chi connectivity index (χ0) is 37.1. The summed E-state index contributed by atoms with van der Waals surface area (Å²) in [6.07, 6.45) is 3.72. The molecule has 2 aromatic heterocycles. The zero-order valence-corrected chi connectivity index (χ0v) is 30.2. The number of hydrogen-bond acceptors (Lipinski definition) is 5. The lowest BCUT2D eigenvalue weighted by molar-refractivity contribution is 0.436. The smallest absolute Gasteiger partial charge is 0.164 e. The largest absolute Gasteiger partial charge is 0.457 e. The summed E-state index contributed by atoms with van der Waals surface area (Å²) < 4.78 is 6.85. The molecule has 0 fully saturated rings. The lowest BCUT2D eigenvalue weighted by Crippen LogP contribution is -2.32. The molecule has 7 aromatic carbocycles. The van der Waals surface area contributed by atoms with Crippen molar-refractivity contribution in [1.29, 1.82) is 0 Å². The number of nitrogens with zero attached hydrogens (tertiary/aromatic N) is 4. The molecule has 262 valence electrons. The van der Waals surface area contributed by atoms with Crippen LogP contribution in [0.25, 0.3) is 67.5 Å². The molecule has 9 aromatic rings. The van der Waals surface area contributed by atoms with E-state index in [0.29, 0.717) is 17.5 Å². The van der Waals surface area contributed by atoms with Gasteiger partial charge in [-0.05, 0) is 81.4 Å². The van der Waals surface area contributed by atoms with Gasteiger partial charge in [0.05, 0.1) is 5.41 Å². The molecule has 0 saturated heterocycles. The minimum Gasteiger partial charge on any atom is -0.457 e. The fraction of sp³-hybridized carbons (Fsp3) is 0.0196. The monoisotopic (exact) mass is 716 g/mol. The molecule has 0 saturated carbocycles. The molecular formula is C51H32N4O. The number of fused-ring (bicyclic) bond motifs is 9. The van der Waals surface area contributed by atoms with Gasteiger partial charge in [-0.15, -0.1) is 0 Å². The van der Waals surface area contributed by atoms with E-state index in [0.717, 1.165) is 61.6 Å². The van der Waals surface area contributed by atoms with E-state index in [9.17, 15) is 0 Å². The quantitative estimate of drug-likeness (QED) is 0.177. The molecule has 0 radical (unpaired) electrons. The second-order valence-corrected chi connectivity index (χ2v) is 14.2. The Balaban J connectivity index is 1.15. The second-order valence-electron chi connectivity index (χ2n) is 14.2. The first-order valence-electron chi connectivity index (χ1n) is 18.8. The van der Waals surface area contributed by atoms with E-state index in [1.807, 2.05) is 54.9 Å². The summed E-state index contributed by atoms with van der Waals surface area (Å²) >= 11 is 0. The fourth-order valence-electron chi connectivity index (χ4n) is 8.57. The van der Waals surface area contributed by atoms with Crippen LogP contribution in [-0.2, 0) is 5.41 Å². The lowest BCUT2D eigenvalue weighted by atomic mass is 9.65. The van der Waals surface area contributed by atoms with E-state index in [1.165, 1.54) is 22.3 Å². The number of hydrogen-bond donors (Lipinski definition) is 0. The molecule has 5 nitrogen and oxygen atoms in total. The molecule has 11 rings (SSSR count). The van der Waals surface area contributed by atoms with Crippen molar-refractivity contribution in [2.45, 2.75) is 5.41 Å². The van der Waals surface area contributed by atoms with Gasteiger partial charge >= 0.3 is 0 Å². The van der Waals surface area contributed by atoms with Crippen LogP contribution in [0, 0.1) is 0 Å². The normalized spacial score (nSPS) is 12.9. The van der Waals surface area contributed by atoms with Crippen molar-refractivity contribution in [3.05, 3.63) is 217 Å². The van der Waals surface area contributed by atoms with Gasteiger partial charge in [-0.25, -0.2) is 15.0 Å². The SMILES string of the molecule is c1ccc(-c2cccc(-c3nc(-c4ccccc4)nc(-c4ccc5c(c4)C4(c6cc(-c7cccnc7)ccc6O5)c5ccccc5-c5ccccc54)n3)c2)cc1. The third-order valence-corrected chi connectivity index (χ3v) is 11.1. The van der Waals surface area contributed by atoms with Gasteiger partial charge in [0.15, 0.2) is 17.5 Å². The molecule has 56 heavy (non-hydrogen) atoms. The van der Waals surface area contributed by atoms with Gasteiger partial charge in [-0.3, -0.25) is 4.98 Å². The minimum absolute atomic E-state index is 0.589. The Hall–Kier alpha value is -7.50. The van der Waals surface area contributed by atoms with Crippen LogP contribution >= 0.6 is 0 Å². The van der Waals surface area contributed by atoms with Crippen molar-refractivity contribution in [1.82, 2.24) is 19.9 Å². The Morgan fingerprint density at radius 1 is 0.339 bits per heavy atom. The number of pyridine rings is 1. The van der Waals surface area contributed by atoms with E-state index >= 15 is 0 Å². The highest BCUT2D eigenvalue weighted by Gasteiger charge is 2.51. The summed E-state index contributed by atoms with van der Waals surface area (Å²) in [6.45, 7) is 0. The first kappa shape index (κ1) is 32.0. The average molecular weight is 717 g/mol. The van der Waals surface area contributed by atoms with Crippen LogP contribution < -0.4 is 4.74 Å². The lowest BCUT2D eigenvalue weighted by Gasteiger charge is -2.40. The third kappa shape index (κ3) is 5.02. The summed E-state index contributed by atoms with van der Waals surface area (Å²) in [4.78, 5) is 19.9. The van der Waals surface area contributed by atoms with Gasteiger partial charge in [-0.2, -0.15) is 0 Å².